The number of nitro groups is 1. The molecule has 2 heterocycles. The average Bonchev–Trinajstić information content (AvgIpc) is 3.48. The lowest BCUT2D eigenvalue weighted by atomic mass is 10.1. The summed E-state index contributed by atoms with van der Waals surface area (Å²) < 4.78 is 1.76. The van der Waals surface area contributed by atoms with E-state index < -0.39 is 4.92 Å². The Morgan fingerprint density at radius 3 is 2.71 bits per heavy atom. The molecule has 1 atom stereocenters. The van der Waals surface area contributed by atoms with Gasteiger partial charge in [-0.15, -0.1) is 11.3 Å². The molecule has 0 saturated carbocycles. The predicted molar refractivity (Wildman–Crippen MR) is 118 cm³/mol. The number of rotatable bonds is 6. The van der Waals surface area contributed by atoms with Crippen molar-refractivity contribution in [1.82, 2.24) is 19.7 Å². The molecule has 2 aromatic heterocycles. The molecule has 0 aliphatic carbocycles. The number of hydrogen-bond donors (Lipinski definition) is 0. The van der Waals surface area contributed by atoms with Crippen molar-refractivity contribution in [2.75, 3.05) is 7.05 Å². The molecule has 0 aliphatic heterocycles. The molecular weight excluding hydrogens is 414 g/mol. The SMILES string of the molecule is CC(c1cccc([N+](=O)[O-])c1)N(C)C(=O)c1csc(-c2cnn(-c3ccccc3)c2)n1. The van der Waals surface area contributed by atoms with Crippen molar-refractivity contribution >= 4 is 22.9 Å². The molecule has 0 N–H and O–H groups in total. The molecule has 156 valence electrons. The number of para-hydroxylation sites is 1. The Balaban J connectivity index is 1.52. The third-order valence-corrected chi connectivity index (χ3v) is 5.93. The molecule has 0 aliphatic rings. The van der Waals surface area contributed by atoms with Gasteiger partial charge in [-0.05, 0) is 24.6 Å². The van der Waals surface area contributed by atoms with Crippen molar-refractivity contribution in [1.29, 1.82) is 0 Å². The fourth-order valence-electron chi connectivity index (χ4n) is 3.14. The van der Waals surface area contributed by atoms with Crippen LogP contribution in [0.2, 0.25) is 0 Å². The minimum absolute atomic E-state index is 0.00317. The highest BCUT2D eigenvalue weighted by atomic mass is 32.1. The van der Waals surface area contributed by atoms with Gasteiger partial charge in [0.1, 0.15) is 10.7 Å². The quantitative estimate of drug-likeness (QED) is 0.323. The van der Waals surface area contributed by atoms with Crippen LogP contribution < -0.4 is 0 Å². The topological polar surface area (TPSA) is 94.2 Å². The van der Waals surface area contributed by atoms with E-state index in [1.54, 1.807) is 35.4 Å². The lowest BCUT2D eigenvalue weighted by Crippen LogP contribution is -2.29. The number of hydrogen-bond acceptors (Lipinski definition) is 6. The molecule has 8 nitrogen and oxygen atoms in total. The van der Waals surface area contributed by atoms with E-state index in [1.165, 1.54) is 28.4 Å². The van der Waals surface area contributed by atoms with E-state index in [0.717, 1.165) is 11.3 Å². The van der Waals surface area contributed by atoms with Crippen LogP contribution in [0.4, 0.5) is 5.69 Å². The molecule has 4 rings (SSSR count). The van der Waals surface area contributed by atoms with Gasteiger partial charge in [-0.1, -0.05) is 30.3 Å². The lowest BCUT2D eigenvalue weighted by Gasteiger charge is -2.24. The number of thiazole rings is 1. The zero-order valence-electron chi connectivity index (χ0n) is 16.9. The number of nitro benzene ring substituents is 1. The van der Waals surface area contributed by atoms with Crippen LogP contribution in [0.5, 0.6) is 0 Å². The van der Waals surface area contributed by atoms with Crippen LogP contribution in [0.25, 0.3) is 16.3 Å². The van der Waals surface area contributed by atoms with Crippen LogP contribution in [0, 0.1) is 10.1 Å². The fourth-order valence-corrected chi connectivity index (χ4v) is 3.91. The molecule has 0 radical (unpaired) electrons. The fraction of sp³-hybridized carbons (Fsp3) is 0.136. The van der Waals surface area contributed by atoms with Crippen molar-refractivity contribution < 1.29 is 9.72 Å². The number of amides is 1. The van der Waals surface area contributed by atoms with E-state index in [2.05, 4.69) is 10.1 Å². The average molecular weight is 433 g/mol. The van der Waals surface area contributed by atoms with Crippen LogP contribution in [0.3, 0.4) is 0 Å². The number of aromatic nitrogens is 3. The van der Waals surface area contributed by atoms with Gasteiger partial charge in [0.25, 0.3) is 11.6 Å². The second-order valence-electron chi connectivity index (χ2n) is 6.99. The number of benzene rings is 2. The molecule has 0 saturated heterocycles. The summed E-state index contributed by atoms with van der Waals surface area (Å²) in [7, 11) is 1.66. The highest BCUT2D eigenvalue weighted by Gasteiger charge is 2.23. The predicted octanol–water partition coefficient (Wildman–Crippen LogP) is 4.74. The highest BCUT2D eigenvalue weighted by molar-refractivity contribution is 7.13. The minimum Gasteiger partial charge on any atom is -0.334 e. The normalized spacial score (nSPS) is 11.8. The first-order valence-electron chi connectivity index (χ1n) is 9.51. The number of non-ortho nitro benzene ring substituents is 1. The van der Waals surface area contributed by atoms with Crippen molar-refractivity contribution in [3.63, 3.8) is 0 Å². The molecular formula is C22H19N5O3S. The van der Waals surface area contributed by atoms with E-state index >= 15 is 0 Å². The summed E-state index contributed by atoms with van der Waals surface area (Å²) in [6, 6.07) is 15.7. The first-order valence-corrected chi connectivity index (χ1v) is 10.4. The van der Waals surface area contributed by atoms with Gasteiger partial charge < -0.3 is 4.90 Å². The van der Waals surface area contributed by atoms with Gasteiger partial charge >= 0.3 is 0 Å². The Bertz CT molecular complexity index is 1230. The zero-order chi connectivity index (χ0) is 22.0. The summed E-state index contributed by atoms with van der Waals surface area (Å²) in [5.41, 5.74) is 2.77. The number of carbonyl (C=O) groups is 1. The number of nitrogens with zero attached hydrogens (tertiary/aromatic N) is 5. The Hall–Kier alpha value is -3.85. The molecule has 4 aromatic rings. The first kappa shape index (κ1) is 20.4. The van der Waals surface area contributed by atoms with Gasteiger partial charge in [-0.3, -0.25) is 14.9 Å². The van der Waals surface area contributed by atoms with Crippen LogP contribution in [-0.2, 0) is 0 Å². The molecule has 1 amide bonds. The minimum atomic E-state index is -0.444. The summed E-state index contributed by atoms with van der Waals surface area (Å²) in [4.78, 5) is 29.6. The second-order valence-corrected chi connectivity index (χ2v) is 7.85. The van der Waals surface area contributed by atoms with Gasteiger partial charge in [0, 0.05) is 36.3 Å². The molecule has 2 aromatic carbocycles. The standard InChI is InChI=1S/C22H19N5O3S/c1-15(16-7-6-10-19(11-16)27(29)30)25(2)22(28)20-14-31-21(24-20)17-12-23-26(13-17)18-8-4-3-5-9-18/h3-15H,1-2H3. The molecule has 0 spiro atoms. The monoisotopic (exact) mass is 433 g/mol. The maximum Gasteiger partial charge on any atom is 0.273 e. The lowest BCUT2D eigenvalue weighted by molar-refractivity contribution is -0.384. The molecule has 1 unspecified atom stereocenters. The van der Waals surface area contributed by atoms with Gasteiger partial charge in [-0.2, -0.15) is 5.10 Å². The summed E-state index contributed by atoms with van der Waals surface area (Å²) in [5, 5.41) is 17.8. The Morgan fingerprint density at radius 1 is 1.19 bits per heavy atom. The second kappa shape index (κ2) is 8.49. The first-order chi connectivity index (χ1) is 14.9. The van der Waals surface area contributed by atoms with Gasteiger partial charge in [0.15, 0.2) is 0 Å². The van der Waals surface area contributed by atoms with Gasteiger partial charge in [0.05, 0.1) is 22.8 Å². The smallest absolute Gasteiger partial charge is 0.273 e. The molecule has 0 bridgehead atoms. The molecule has 31 heavy (non-hydrogen) atoms. The summed E-state index contributed by atoms with van der Waals surface area (Å²) >= 11 is 1.37. The number of carbonyl (C=O) groups excluding carboxylic acids is 1. The summed E-state index contributed by atoms with van der Waals surface area (Å²) in [6.45, 7) is 1.83. The van der Waals surface area contributed by atoms with Crippen LogP contribution >= 0.6 is 11.3 Å². The molecule has 0 fully saturated rings. The Labute approximate surface area is 182 Å². The van der Waals surface area contributed by atoms with E-state index in [9.17, 15) is 14.9 Å². The highest BCUT2D eigenvalue weighted by Crippen LogP contribution is 2.27. The summed E-state index contributed by atoms with van der Waals surface area (Å²) in [6.07, 6.45) is 3.59. The van der Waals surface area contributed by atoms with E-state index in [1.807, 2.05) is 43.5 Å². The zero-order valence-corrected chi connectivity index (χ0v) is 17.7. The maximum atomic E-state index is 13.0. The van der Waals surface area contributed by atoms with Crippen molar-refractivity contribution in [2.24, 2.45) is 0 Å². The van der Waals surface area contributed by atoms with Gasteiger partial charge in [-0.25, -0.2) is 9.67 Å². The van der Waals surface area contributed by atoms with Crippen molar-refractivity contribution in [3.8, 4) is 16.3 Å². The van der Waals surface area contributed by atoms with E-state index in [-0.39, 0.29) is 17.6 Å². The van der Waals surface area contributed by atoms with Crippen LogP contribution in [-0.4, -0.2) is 37.5 Å². The Kier molecular flexibility index (Phi) is 5.59. The van der Waals surface area contributed by atoms with Crippen LogP contribution in [0.15, 0.2) is 72.4 Å². The third kappa shape index (κ3) is 4.22. The van der Waals surface area contributed by atoms with Crippen LogP contribution in [0.1, 0.15) is 29.0 Å². The van der Waals surface area contributed by atoms with E-state index in [4.69, 9.17) is 0 Å². The Morgan fingerprint density at radius 2 is 1.97 bits per heavy atom. The van der Waals surface area contributed by atoms with E-state index in [0.29, 0.717) is 16.3 Å². The van der Waals surface area contributed by atoms with Crippen molar-refractivity contribution in [2.45, 2.75) is 13.0 Å². The van der Waals surface area contributed by atoms with Gasteiger partial charge in [0.2, 0.25) is 0 Å². The largest absolute Gasteiger partial charge is 0.334 e. The maximum absolute atomic E-state index is 13.0. The third-order valence-electron chi connectivity index (χ3n) is 5.04. The van der Waals surface area contributed by atoms with Crippen molar-refractivity contribution in [3.05, 3.63) is 93.7 Å². The molecule has 9 heteroatoms. The summed E-state index contributed by atoms with van der Waals surface area (Å²) in [5.74, 6) is -0.253.